The number of esters is 1. The lowest BCUT2D eigenvalue weighted by Gasteiger charge is -2.18. The van der Waals surface area contributed by atoms with Crippen molar-refractivity contribution in [2.45, 2.75) is 19.5 Å². The van der Waals surface area contributed by atoms with E-state index in [4.69, 9.17) is 0 Å². The Labute approximate surface area is 193 Å². The number of imide groups is 1. The van der Waals surface area contributed by atoms with E-state index in [9.17, 15) is 24.3 Å². The first-order chi connectivity index (χ1) is 15.8. The quantitative estimate of drug-likeness (QED) is 0.434. The molecule has 1 aliphatic rings. The Balaban J connectivity index is 1.70. The highest BCUT2D eigenvalue weighted by molar-refractivity contribution is 8.18. The first-order valence-electron chi connectivity index (χ1n) is 10.0. The van der Waals surface area contributed by atoms with Gasteiger partial charge in [0.1, 0.15) is 6.04 Å². The van der Waals surface area contributed by atoms with Crippen LogP contribution in [0.2, 0.25) is 0 Å². The monoisotopic (exact) mass is 464 g/mol. The Morgan fingerprint density at radius 3 is 2.64 bits per heavy atom. The minimum Gasteiger partial charge on any atom is -0.478 e. The number of carboxylic acid groups (broad SMARTS) is 1. The molecule has 9 heteroatoms. The Morgan fingerprint density at radius 1 is 1.15 bits per heavy atom. The molecule has 33 heavy (non-hydrogen) atoms. The lowest BCUT2D eigenvalue weighted by molar-refractivity contribution is -0.148. The number of carboxylic acids is 1. The van der Waals surface area contributed by atoms with E-state index in [0.717, 1.165) is 38.7 Å². The molecule has 1 aliphatic heterocycles. The SMILES string of the molecule is COC(=O)[C@@H](C)N1C(=O)S/C(=C/c2cn(Cc3cccc(C(=O)O)c3)c3ccccc23)C1=O. The van der Waals surface area contributed by atoms with Gasteiger partial charge in [-0.3, -0.25) is 14.5 Å². The van der Waals surface area contributed by atoms with E-state index in [0.29, 0.717) is 6.54 Å². The van der Waals surface area contributed by atoms with E-state index in [1.165, 1.54) is 20.1 Å². The van der Waals surface area contributed by atoms with Gasteiger partial charge in [-0.1, -0.05) is 30.3 Å². The van der Waals surface area contributed by atoms with Crippen LogP contribution < -0.4 is 0 Å². The van der Waals surface area contributed by atoms with Crippen molar-refractivity contribution in [1.82, 2.24) is 9.47 Å². The van der Waals surface area contributed by atoms with Crippen molar-refractivity contribution in [3.8, 4) is 0 Å². The molecule has 0 radical (unpaired) electrons. The second-order valence-electron chi connectivity index (χ2n) is 7.49. The number of carbonyl (C=O) groups is 4. The van der Waals surface area contributed by atoms with Crippen molar-refractivity contribution in [2.75, 3.05) is 7.11 Å². The number of rotatable bonds is 6. The molecule has 4 rings (SSSR count). The van der Waals surface area contributed by atoms with Crippen LogP contribution >= 0.6 is 11.8 Å². The van der Waals surface area contributed by atoms with Crippen molar-refractivity contribution in [3.63, 3.8) is 0 Å². The smallest absolute Gasteiger partial charge is 0.335 e. The highest BCUT2D eigenvalue weighted by atomic mass is 32.2. The molecule has 8 nitrogen and oxygen atoms in total. The highest BCUT2D eigenvalue weighted by Gasteiger charge is 2.41. The van der Waals surface area contributed by atoms with Gasteiger partial charge in [-0.15, -0.1) is 0 Å². The summed E-state index contributed by atoms with van der Waals surface area (Å²) in [6.45, 7) is 1.87. The van der Waals surface area contributed by atoms with Gasteiger partial charge in [0.2, 0.25) is 0 Å². The summed E-state index contributed by atoms with van der Waals surface area (Å²) in [5.74, 6) is -2.21. The van der Waals surface area contributed by atoms with E-state index in [-0.39, 0.29) is 10.5 Å². The number of amides is 2. The van der Waals surface area contributed by atoms with Crippen LogP contribution in [0.15, 0.2) is 59.6 Å². The van der Waals surface area contributed by atoms with E-state index in [2.05, 4.69) is 4.74 Å². The summed E-state index contributed by atoms with van der Waals surface area (Å²) in [6.07, 6.45) is 3.50. The van der Waals surface area contributed by atoms with Crippen molar-refractivity contribution in [2.24, 2.45) is 0 Å². The topological polar surface area (TPSA) is 106 Å². The molecule has 0 aliphatic carbocycles. The van der Waals surface area contributed by atoms with Crippen LogP contribution in [0.5, 0.6) is 0 Å². The Hall–Kier alpha value is -3.85. The van der Waals surface area contributed by atoms with Crippen LogP contribution in [0.4, 0.5) is 4.79 Å². The number of para-hydroxylation sites is 1. The maximum atomic E-state index is 12.9. The zero-order valence-electron chi connectivity index (χ0n) is 17.8. The van der Waals surface area contributed by atoms with Crippen LogP contribution in [0, 0.1) is 0 Å². The average molecular weight is 464 g/mol. The van der Waals surface area contributed by atoms with Gasteiger partial charge in [0.05, 0.1) is 17.6 Å². The molecule has 168 valence electrons. The van der Waals surface area contributed by atoms with E-state index >= 15 is 0 Å². The van der Waals surface area contributed by atoms with Gasteiger partial charge in [0, 0.05) is 29.2 Å². The number of hydrogen-bond donors (Lipinski definition) is 1. The van der Waals surface area contributed by atoms with Crippen molar-refractivity contribution in [1.29, 1.82) is 0 Å². The maximum Gasteiger partial charge on any atom is 0.335 e. The summed E-state index contributed by atoms with van der Waals surface area (Å²) in [5.41, 5.74) is 2.65. The lowest BCUT2D eigenvalue weighted by Crippen LogP contribution is -2.42. The number of aromatic nitrogens is 1. The standard InChI is InChI=1S/C24H20N2O6S/c1-14(23(30)32-2)26-21(27)20(33-24(26)31)11-17-13-25(19-9-4-3-8-18(17)19)12-15-6-5-7-16(10-15)22(28)29/h3-11,13-14H,12H2,1-2H3,(H,28,29)/b20-11+/t14-/m1/s1. The fraction of sp³-hybridized carbons (Fsp3) is 0.167. The van der Waals surface area contributed by atoms with Crippen LogP contribution in [-0.2, 0) is 20.9 Å². The molecule has 0 bridgehead atoms. The number of thioether (sulfide) groups is 1. The molecular weight excluding hydrogens is 444 g/mol. The Morgan fingerprint density at radius 2 is 1.91 bits per heavy atom. The van der Waals surface area contributed by atoms with Gasteiger partial charge in [0.15, 0.2) is 0 Å². The predicted octanol–water partition coefficient (Wildman–Crippen LogP) is 3.99. The van der Waals surface area contributed by atoms with E-state index < -0.39 is 29.1 Å². The molecule has 2 amide bonds. The summed E-state index contributed by atoms with van der Waals surface area (Å²) < 4.78 is 6.62. The van der Waals surface area contributed by atoms with E-state index in [1.807, 2.05) is 41.1 Å². The van der Waals surface area contributed by atoms with Crippen molar-refractivity contribution < 1.29 is 29.0 Å². The number of methoxy groups -OCH3 is 1. The molecule has 1 atom stereocenters. The molecule has 2 aromatic carbocycles. The summed E-state index contributed by atoms with van der Waals surface area (Å²) in [7, 11) is 1.20. The van der Waals surface area contributed by atoms with Gasteiger partial charge in [-0.2, -0.15) is 0 Å². The number of benzene rings is 2. The number of nitrogens with zero attached hydrogens (tertiary/aromatic N) is 2. The lowest BCUT2D eigenvalue weighted by atomic mass is 10.1. The third-order valence-electron chi connectivity index (χ3n) is 5.39. The van der Waals surface area contributed by atoms with Crippen LogP contribution in [0.3, 0.4) is 0 Å². The molecule has 0 saturated carbocycles. The molecule has 1 aromatic heterocycles. The van der Waals surface area contributed by atoms with Gasteiger partial charge in [-0.05, 0) is 48.5 Å². The first-order valence-corrected chi connectivity index (χ1v) is 10.9. The van der Waals surface area contributed by atoms with Gasteiger partial charge < -0.3 is 14.4 Å². The Bertz CT molecular complexity index is 1330. The van der Waals surface area contributed by atoms with Crippen molar-refractivity contribution >= 4 is 51.8 Å². The number of hydrogen-bond acceptors (Lipinski definition) is 6. The largest absolute Gasteiger partial charge is 0.478 e. The molecule has 1 fully saturated rings. The molecule has 0 unspecified atom stereocenters. The predicted molar refractivity (Wildman–Crippen MR) is 124 cm³/mol. The summed E-state index contributed by atoms with van der Waals surface area (Å²) in [4.78, 5) is 49.5. The van der Waals surface area contributed by atoms with Crippen LogP contribution in [0.1, 0.15) is 28.4 Å². The summed E-state index contributed by atoms with van der Waals surface area (Å²) in [6, 6.07) is 13.3. The molecular formula is C24H20N2O6S. The minimum atomic E-state index is -1.02. The van der Waals surface area contributed by atoms with E-state index in [1.54, 1.807) is 18.2 Å². The fourth-order valence-electron chi connectivity index (χ4n) is 3.75. The first kappa shape index (κ1) is 22.3. The zero-order chi connectivity index (χ0) is 23.7. The third-order valence-corrected chi connectivity index (χ3v) is 6.27. The molecule has 1 N–H and O–H groups in total. The second-order valence-corrected chi connectivity index (χ2v) is 8.48. The Kier molecular flexibility index (Phi) is 6.06. The van der Waals surface area contributed by atoms with Gasteiger partial charge in [-0.25, -0.2) is 9.59 Å². The highest BCUT2D eigenvalue weighted by Crippen LogP contribution is 2.35. The molecule has 2 heterocycles. The zero-order valence-corrected chi connectivity index (χ0v) is 18.7. The molecule has 3 aromatic rings. The number of ether oxygens (including phenoxy) is 1. The normalized spacial score (nSPS) is 15.9. The summed E-state index contributed by atoms with van der Waals surface area (Å²) in [5, 5.41) is 9.60. The number of fused-ring (bicyclic) bond motifs is 1. The molecule has 0 spiro atoms. The summed E-state index contributed by atoms with van der Waals surface area (Å²) >= 11 is 0.776. The number of carbonyl (C=O) groups excluding carboxylic acids is 3. The van der Waals surface area contributed by atoms with Gasteiger partial charge >= 0.3 is 11.9 Å². The van der Waals surface area contributed by atoms with Crippen LogP contribution in [-0.4, -0.2) is 50.8 Å². The average Bonchev–Trinajstić information content (AvgIpc) is 3.29. The fourth-order valence-corrected chi connectivity index (χ4v) is 4.65. The minimum absolute atomic E-state index is 0.206. The second kappa shape index (κ2) is 8.95. The molecule has 1 saturated heterocycles. The van der Waals surface area contributed by atoms with Crippen LogP contribution in [0.25, 0.3) is 17.0 Å². The number of aromatic carboxylic acids is 1. The van der Waals surface area contributed by atoms with Gasteiger partial charge in [0.25, 0.3) is 11.1 Å². The third kappa shape index (κ3) is 4.27. The maximum absolute atomic E-state index is 12.9. The van der Waals surface area contributed by atoms with Crippen molar-refractivity contribution in [3.05, 3.63) is 76.3 Å².